The molecule has 1 aliphatic rings. The minimum atomic E-state index is -0.730. The van der Waals surface area contributed by atoms with Gasteiger partial charge in [-0.15, -0.1) is 0 Å². The zero-order valence-corrected chi connectivity index (χ0v) is 23.0. The molecule has 1 aliphatic carbocycles. The Morgan fingerprint density at radius 2 is 1.41 bits per heavy atom. The highest BCUT2D eigenvalue weighted by Crippen LogP contribution is 2.28. The van der Waals surface area contributed by atoms with Gasteiger partial charge in [0.1, 0.15) is 23.5 Å². The number of carbonyl (C=O) groups is 2. The molecule has 3 aromatic carbocycles. The summed E-state index contributed by atoms with van der Waals surface area (Å²) in [5.74, 6) is -1.85. The summed E-state index contributed by atoms with van der Waals surface area (Å²) in [5, 5.41) is 21.2. The predicted octanol–water partition coefficient (Wildman–Crippen LogP) is 4.10. The van der Waals surface area contributed by atoms with Crippen molar-refractivity contribution in [3.8, 4) is 0 Å². The number of nitrogens with two attached hydrogens (primary N) is 2. The second kappa shape index (κ2) is 13.7. The van der Waals surface area contributed by atoms with Gasteiger partial charge < -0.3 is 22.1 Å². The summed E-state index contributed by atoms with van der Waals surface area (Å²) in [4.78, 5) is 27.4. The second-order valence-corrected chi connectivity index (χ2v) is 10.6. The average Bonchev–Trinajstić information content (AvgIpc) is 2.98. The number of nitrogens with one attached hydrogen (secondary N) is 4. The molecule has 9 heteroatoms. The Bertz CT molecular complexity index is 1380. The summed E-state index contributed by atoms with van der Waals surface area (Å²) >= 11 is 0. The molecular weight excluding hydrogens is 519 g/mol. The van der Waals surface area contributed by atoms with E-state index in [0.717, 1.165) is 43.2 Å². The summed E-state index contributed by atoms with van der Waals surface area (Å²) < 4.78 is 14.2. The summed E-state index contributed by atoms with van der Waals surface area (Å²) in [5.41, 5.74) is 14.5. The van der Waals surface area contributed by atoms with E-state index >= 15 is 0 Å². The molecule has 8 nitrogen and oxygen atoms in total. The number of amides is 2. The summed E-state index contributed by atoms with van der Waals surface area (Å²) in [7, 11) is 0. The van der Waals surface area contributed by atoms with E-state index in [1.54, 1.807) is 48.5 Å². The molecule has 2 unspecified atom stereocenters. The first kappa shape index (κ1) is 29.5. The third-order valence-electron chi connectivity index (χ3n) is 7.71. The number of benzene rings is 3. The maximum Gasteiger partial charge on any atom is 0.243 e. The lowest BCUT2D eigenvalue weighted by Crippen LogP contribution is -2.52. The number of carbonyl (C=O) groups excluding carboxylic acids is 2. The normalized spacial score (nSPS) is 15.0. The Hall–Kier alpha value is -4.53. The van der Waals surface area contributed by atoms with Gasteiger partial charge in [0.05, 0.1) is 5.92 Å². The van der Waals surface area contributed by atoms with Crippen LogP contribution in [0.3, 0.4) is 0 Å². The first-order valence-corrected chi connectivity index (χ1v) is 13.9. The summed E-state index contributed by atoms with van der Waals surface area (Å²) in [6.07, 6.45) is 5.05. The lowest BCUT2D eigenvalue weighted by atomic mass is 9.82. The van der Waals surface area contributed by atoms with Gasteiger partial charge in [-0.3, -0.25) is 20.4 Å². The third-order valence-corrected chi connectivity index (χ3v) is 7.71. The molecule has 1 fully saturated rings. The average molecular weight is 557 g/mol. The van der Waals surface area contributed by atoms with Crippen LogP contribution in [0, 0.1) is 22.6 Å². The number of nitrogen functional groups attached to an aromatic ring is 2. The van der Waals surface area contributed by atoms with Crippen LogP contribution in [0.4, 0.5) is 4.39 Å². The lowest BCUT2D eigenvalue weighted by Gasteiger charge is -2.31. The first-order valence-electron chi connectivity index (χ1n) is 13.9. The molecule has 0 heterocycles. The fraction of sp³-hybridized carbons (Fsp3) is 0.312. The van der Waals surface area contributed by atoms with Crippen LogP contribution >= 0.6 is 0 Å². The van der Waals surface area contributed by atoms with Gasteiger partial charge in [0.25, 0.3) is 0 Å². The van der Waals surface area contributed by atoms with Crippen molar-refractivity contribution < 1.29 is 14.0 Å². The predicted molar refractivity (Wildman–Crippen MR) is 158 cm³/mol. The van der Waals surface area contributed by atoms with E-state index in [9.17, 15) is 14.0 Å². The van der Waals surface area contributed by atoms with Crippen LogP contribution in [0.2, 0.25) is 0 Å². The zero-order valence-electron chi connectivity index (χ0n) is 23.0. The van der Waals surface area contributed by atoms with E-state index < -0.39 is 17.8 Å². The molecule has 0 bridgehead atoms. The number of hydrogen-bond donors (Lipinski definition) is 6. The highest BCUT2D eigenvalue weighted by molar-refractivity contribution is 5.95. The zero-order chi connectivity index (χ0) is 29.4. The van der Waals surface area contributed by atoms with Gasteiger partial charge in [-0.25, -0.2) is 4.39 Å². The molecule has 0 radical (unpaired) electrons. The SMILES string of the molecule is N=C(N)c1ccc(CNC(=O)C(NC(=O)C(Cc2ccc(C(=N)N)cc2)c2cccc(F)c2)C2CCCCC2)cc1. The Morgan fingerprint density at radius 1 is 0.829 bits per heavy atom. The summed E-state index contributed by atoms with van der Waals surface area (Å²) in [6.45, 7) is 0.270. The van der Waals surface area contributed by atoms with Crippen molar-refractivity contribution in [2.75, 3.05) is 0 Å². The molecule has 0 aromatic heterocycles. The van der Waals surface area contributed by atoms with Crippen LogP contribution in [0.25, 0.3) is 0 Å². The van der Waals surface area contributed by atoms with Crippen LogP contribution < -0.4 is 22.1 Å². The van der Waals surface area contributed by atoms with E-state index in [1.165, 1.54) is 12.1 Å². The fourth-order valence-electron chi connectivity index (χ4n) is 5.36. The molecular formula is C32H37FN6O2. The minimum absolute atomic E-state index is 0.00389. The topological polar surface area (TPSA) is 158 Å². The monoisotopic (exact) mass is 556 g/mol. The van der Waals surface area contributed by atoms with Crippen LogP contribution in [-0.4, -0.2) is 29.5 Å². The van der Waals surface area contributed by atoms with Gasteiger partial charge in [0.2, 0.25) is 11.8 Å². The van der Waals surface area contributed by atoms with Gasteiger partial charge in [-0.1, -0.05) is 79.9 Å². The van der Waals surface area contributed by atoms with Gasteiger partial charge in [0.15, 0.2) is 0 Å². The van der Waals surface area contributed by atoms with Crippen molar-refractivity contribution in [3.63, 3.8) is 0 Å². The molecule has 4 rings (SSSR count). The van der Waals surface area contributed by atoms with E-state index in [1.807, 2.05) is 12.1 Å². The smallest absolute Gasteiger partial charge is 0.243 e. The van der Waals surface area contributed by atoms with E-state index in [2.05, 4.69) is 10.6 Å². The lowest BCUT2D eigenvalue weighted by molar-refractivity contribution is -0.131. The molecule has 0 saturated heterocycles. The molecule has 0 spiro atoms. The Morgan fingerprint density at radius 3 is 1.98 bits per heavy atom. The molecule has 214 valence electrons. The largest absolute Gasteiger partial charge is 0.384 e. The van der Waals surface area contributed by atoms with Crippen molar-refractivity contribution in [2.45, 2.75) is 57.0 Å². The standard InChI is InChI=1S/C32H37FN6O2/c33-26-8-4-7-25(18-26)27(17-20-9-13-23(14-10-20)29(34)35)31(40)39-28(22-5-2-1-3-6-22)32(41)38-19-21-11-15-24(16-12-21)30(36)37/h4,7-16,18,22,27-28H,1-3,5-6,17,19H2,(H3,34,35)(H3,36,37)(H,38,41)(H,39,40). The van der Waals surface area contributed by atoms with Crippen LogP contribution in [-0.2, 0) is 22.6 Å². The van der Waals surface area contributed by atoms with Crippen molar-refractivity contribution >= 4 is 23.5 Å². The van der Waals surface area contributed by atoms with Crippen molar-refractivity contribution in [1.82, 2.24) is 10.6 Å². The number of rotatable bonds is 11. The molecule has 1 saturated carbocycles. The highest BCUT2D eigenvalue weighted by Gasteiger charge is 2.33. The molecule has 2 amide bonds. The molecule has 0 aliphatic heterocycles. The molecule has 2 atom stereocenters. The van der Waals surface area contributed by atoms with Crippen LogP contribution in [0.15, 0.2) is 72.8 Å². The maximum atomic E-state index is 14.2. The molecule has 41 heavy (non-hydrogen) atoms. The van der Waals surface area contributed by atoms with Gasteiger partial charge in [-0.2, -0.15) is 0 Å². The number of halogens is 1. The van der Waals surface area contributed by atoms with Gasteiger partial charge in [0, 0.05) is 17.7 Å². The second-order valence-electron chi connectivity index (χ2n) is 10.6. The van der Waals surface area contributed by atoms with E-state index in [0.29, 0.717) is 16.7 Å². The Balaban J connectivity index is 1.54. The maximum absolute atomic E-state index is 14.2. The molecule has 3 aromatic rings. The van der Waals surface area contributed by atoms with Crippen molar-refractivity contribution in [1.29, 1.82) is 10.8 Å². The van der Waals surface area contributed by atoms with Crippen molar-refractivity contribution in [2.24, 2.45) is 17.4 Å². The quantitative estimate of drug-likeness (QED) is 0.155. The van der Waals surface area contributed by atoms with Gasteiger partial charge >= 0.3 is 0 Å². The van der Waals surface area contributed by atoms with E-state index in [4.69, 9.17) is 22.3 Å². The fourth-order valence-corrected chi connectivity index (χ4v) is 5.36. The summed E-state index contributed by atoms with van der Waals surface area (Å²) in [6, 6.07) is 19.4. The van der Waals surface area contributed by atoms with E-state index in [-0.39, 0.29) is 42.4 Å². The Kier molecular flexibility index (Phi) is 9.84. The third kappa shape index (κ3) is 8.00. The van der Waals surface area contributed by atoms with Gasteiger partial charge in [-0.05, 0) is 54.0 Å². The van der Waals surface area contributed by atoms with Crippen LogP contribution in [0.5, 0.6) is 0 Å². The Labute approximate surface area is 239 Å². The number of hydrogen-bond acceptors (Lipinski definition) is 4. The molecule has 8 N–H and O–H groups in total. The minimum Gasteiger partial charge on any atom is -0.384 e. The van der Waals surface area contributed by atoms with Crippen molar-refractivity contribution in [3.05, 3.63) is 106 Å². The first-order chi connectivity index (χ1) is 19.7. The number of amidine groups is 2. The van der Waals surface area contributed by atoms with Crippen LogP contribution in [0.1, 0.15) is 65.8 Å². The highest BCUT2D eigenvalue weighted by atomic mass is 19.1.